The van der Waals surface area contributed by atoms with E-state index in [1.165, 1.54) is 116 Å². The fourth-order valence-corrected chi connectivity index (χ4v) is 8.79. The van der Waals surface area contributed by atoms with Crippen LogP contribution in [-0.2, 0) is 28.6 Å². The second-order valence-corrected chi connectivity index (χ2v) is 21.3. The molecule has 1 unspecified atom stereocenters. The minimum atomic E-state index is -0.818. The summed E-state index contributed by atoms with van der Waals surface area (Å²) in [6.45, 7) is 6.37. The first-order valence-electron chi connectivity index (χ1n) is 32.7. The number of hydrogen-bond acceptors (Lipinski definition) is 6. The van der Waals surface area contributed by atoms with Crippen LogP contribution in [0.5, 0.6) is 0 Å². The van der Waals surface area contributed by atoms with Gasteiger partial charge in [-0.25, -0.2) is 0 Å². The van der Waals surface area contributed by atoms with Gasteiger partial charge in [0, 0.05) is 19.3 Å². The molecule has 0 fully saturated rings. The molecule has 1 atom stereocenters. The summed E-state index contributed by atoms with van der Waals surface area (Å²) in [6.07, 6.45) is 93.2. The number of hydrogen-bond donors (Lipinski definition) is 0. The van der Waals surface area contributed by atoms with Crippen molar-refractivity contribution in [3.63, 3.8) is 0 Å². The summed E-state index contributed by atoms with van der Waals surface area (Å²) >= 11 is 0. The Labute approximate surface area is 487 Å². The van der Waals surface area contributed by atoms with Gasteiger partial charge in [0.15, 0.2) is 6.10 Å². The molecule has 0 spiro atoms. The maximum absolute atomic E-state index is 12.9. The van der Waals surface area contributed by atoms with Crippen LogP contribution in [-0.4, -0.2) is 37.2 Å². The lowest BCUT2D eigenvalue weighted by Gasteiger charge is -2.18. The van der Waals surface area contributed by atoms with Crippen LogP contribution in [0.15, 0.2) is 134 Å². The smallest absolute Gasteiger partial charge is 0.306 e. The largest absolute Gasteiger partial charge is 0.462 e. The molecule has 0 rings (SSSR count). The molecule has 0 bridgehead atoms. The fourth-order valence-electron chi connectivity index (χ4n) is 8.79. The summed E-state index contributed by atoms with van der Waals surface area (Å²) in [5.74, 6) is -0.973. The van der Waals surface area contributed by atoms with Gasteiger partial charge >= 0.3 is 17.9 Å². The Morgan fingerprint density at radius 2 is 0.494 bits per heavy atom. The number of carbonyl (C=O) groups excluding carboxylic acids is 3. The molecule has 0 N–H and O–H groups in total. The fraction of sp³-hybridized carbons (Fsp3) is 0.658. The highest BCUT2D eigenvalue weighted by Crippen LogP contribution is 2.15. The molecule has 0 aliphatic rings. The lowest BCUT2D eigenvalue weighted by atomic mass is 10.0. The molecule has 0 aromatic carbocycles. The second-order valence-electron chi connectivity index (χ2n) is 21.3. The summed E-state index contributed by atoms with van der Waals surface area (Å²) in [4.78, 5) is 38.4. The Morgan fingerprint density at radius 3 is 0.810 bits per heavy atom. The van der Waals surface area contributed by atoms with Crippen molar-refractivity contribution in [3.05, 3.63) is 134 Å². The van der Waals surface area contributed by atoms with Crippen LogP contribution in [0.1, 0.15) is 290 Å². The van der Waals surface area contributed by atoms with Crippen molar-refractivity contribution in [2.45, 2.75) is 297 Å². The molecule has 0 amide bonds. The predicted octanol–water partition coefficient (Wildman–Crippen LogP) is 22.5. The SMILES string of the molecule is CC/C=C\C/C=C\C/C=C\C/C=C\C/C=C\C/C=C\CCCCC(=O)OC(COC(=O)CCCCCC/C=C\C/C=C\C/C=C\C/C=C\CC)COC(=O)CCCCCCCCCCCCC/C=C\CCCCCCCCCC. The van der Waals surface area contributed by atoms with Gasteiger partial charge < -0.3 is 14.2 Å². The van der Waals surface area contributed by atoms with E-state index in [1.807, 2.05) is 0 Å². The van der Waals surface area contributed by atoms with Crippen LogP contribution in [0.3, 0.4) is 0 Å². The van der Waals surface area contributed by atoms with E-state index < -0.39 is 6.10 Å². The van der Waals surface area contributed by atoms with Gasteiger partial charge in [-0.1, -0.05) is 270 Å². The predicted molar refractivity (Wildman–Crippen MR) is 343 cm³/mol. The summed E-state index contributed by atoms with van der Waals surface area (Å²) in [6, 6.07) is 0. The molecule has 0 saturated heterocycles. The molecule has 0 aromatic heterocycles. The van der Waals surface area contributed by atoms with Crippen molar-refractivity contribution in [1.29, 1.82) is 0 Å². The molecular weight excluding hydrogens is 973 g/mol. The lowest BCUT2D eigenvalue weighted by Crippen LogP contribution is -2.30. The number of carbonyl (C=O) groups is 3. The van der Waals surface area contributed by atoms with E-state index in [1.54, 1.807) is 0 Å². The molecule has 0 aliphatic carbocycles. The van der Waals surface area contributed by atoms with E-state index >= 15 is 0 Å². The molecule has 6 heteroatoms. The first-order valence-corrected chi connectivity index (χ1v) is 32.7. The standard InChI is InChI=1S/C73H120O6/c1-4-7-10-13-16-19-22-25-28-31-33-35-36-38-39-42-45-48-51-54-57-60-63-66-72(75)78-69-70(68-77-71(74)65-62-59-56-53-50-47-44-41-30-27-24-21-18-15-12-9-6-3)79-73(76)67-64-61-58-55-52-49-46-43-40-37-34-32-29-26-23-20-17-14-11-8-5-2/h8-9,11-12,17-18,20-21,26-27,29-31,33-34,37,43-44,46-47,52,55,70H,4-7,10,13-16,19,22-25,28,32,35-36,38-42,45,48-51,53-54,56-69H2,1-3H3/b11-8-,12-9-,20-17-,21-18-,29-26-,30-27-,33-31-,37-34-,46-43-,47-44-,55-52-. The van der Waals surface area contributed by atoms with Gasteiger partial charge in [0.1, 0.15) is 13.2 Å². The number of unbranched alkanes of at least 4 members (excludes halogenated alkanes) is 25. The molecule has 0 saturated carbocycles. The van der Waals surface area contributed by atoms with Gasteiger partial charge in [-0.3, -0.25) is 14.4 Å². The number of allylic oxidation sites excluding steroid dienone is 22. The number of esters is 3. The second kappa shape index (κ2) is 66.1. The maximum Gasteiger partial charge on any atom is 0.306 e. The summed E-state index contributed by atoms with van der Waals surface area (Å²) in [5, 5.41) is 0. The lowest BCUT2D eigenvalue weighted by molar-refractivity contribution is -0.167. The first kappa shape index (κ1) is 74.5. The van der Waals surface area contributed by atoms with E-state index in [9.17, 15) is 14.4 Å². The Balaban J connectivity index is 4.48. The molecule has 6 nitrogen and oxygen atoms in total. The normalized spacial score (nSPS) is 13.0. The number of rotatable bonds is 58. The van der Waals surface area contributed by atoms with Crippen LogP contribution in [0, 0.1) is 0 Å². The van der Waals surface area contributed by atoms with Crippen molar-refractivity contribution in [3.8, 4) is 0 Å². The first-order chi connectivity index (χ1) is 39.0. The zero-order chi connectivity index (χ0) is 57.1. The van der Waals surface area contributed by atoms with Crippen molar-refractivity contribution >= 4 is 17.9 Å². The van der Waals surface area contributed by atoms with Crippen molar-refractivity contribution in [2.75, 3.05) is 13.2 Å². The van der Waals surface area contributed by atoms with Gasteiger partial charge in [-0.05, 0) is 135 Å². The number of ether oxygens (including phenoxy) is 3. The highest BCUT2D eigenvalue weighted by Gasteiger charge is 2.19. The van der Waals surface area contributed by atoms with Gasteiger partial charge in [-0.2, -0.15) is 0 Å². The zero-order valence-electron chi connectivity index (χ0n) is 51.3. The molecule has 0 aromatic rings. The highest BCUT2D eigenvalue weighted by atomic mass is 16.6. The third kappa shape index (κ3) is 64.3. The minimum Gasteiger partial charge on any atom is -0.462 e. The molecule has 448 valence electrons. The Bertz CT molecular complexity index is 1680. The van der Waals surface area contributed by atoms with Gasteiger partial charge in [0.25, 0.3) is 0 Å². The molecule has 79 heavy (non-hydrogen) atoms. The average molecular weight is 1090 g/mol. The van der Waals surface area contributed by atoms with E-state index in [2.05, 4.69) is 154 Å². The van der Waals surface area contributed by atoms with Crippen LogP contribution < -0.4 is 0 Å². The topological polar surface area (TPSA) is 78.9 Å². The summed E-state index contributed by atoms with van der Waals surface area (Å²) < 4.78 is 16.9. The van der Waals surface area contributed by atoms with Crippen LogP contribution >= 0.6 is 0 Å². The van der Waals surface area contributed by atoms with Crippen LogP contribution in [0.2, 0.25) is 0 Å². The zero-order valence-corrected chi connectivity index (χ0v) is 51.3. The Kier molecular flexibility index (Phi) is 62.3. The summed E-state index contributed by atoms with van der Waals surface area (Å²) in [5.41, 5.74) is 0. The van der Waals surface area contributed by atoms with E-state index in [0.717, 1.165) is 128 Å². The van der Waals surface area contributed by atoms with Crippen molar-refractivity contribution in [1.82, 2.24) is 0 Å². The quantitative estimate of drug-likeness (QED) is 0.0261. The van der Waals surface area contributed by atoms with Crippen LogP contribution in [0.4, 0.5) is 0 Å². The van der Waals surface area contributed by atoms with Crippen molar-refractivity contribution < 1.29 is 28.6 Å². The average Bonchev–Trinajstić information content (AvgIpc) is 3.45. The summed E-state index contributed by atoms with van der Waals surface area (Å²) in [7, 11) is 0. The molecule has 0 radical (unpaired) electrons. The van der Waals surface area contributed by atoms with Gasteiger partial charge in [0.2, 0.25) is 0 Å². The van der Waals surface area contributed by atoms with E-state index in [-0.39, 0.29) is 37.5 Å². The van der Waals surface area contributed by atoms with Crippen molar-refractivity contribution in [2.24, 2.45) is 0 Å². The molecule has 0 heterocycles. The van der Waals surface area contributed by atoms with Gasteiger partial charge in [0.05, 0.1) is 0 Å². The van der Waals surface area contributed by atoms with Gasteiger partial charge in [-0.15, -0.1) is 0 Å². The molecule has 0 aliphatic heterocycles. The Hall–Kier alpha value is -4.45. The monoisotopic (exact) mass is 1090 g/mol. The van der Waals surface area contributed by atoms with E-state index in [0.29, 0.717) is 19.3 Å². The molecular formula is C73H120O6. The third-order valence-corrected chi connectivity index (χ3v) is 13.6. The van der Waals surface area contributed by atoms with E-state index in [4.69, 9.17) is 14.2 Å². The minimum absolute atomic E-state index is 0.107. The van der Waals surface area contributed by atoms with Crippen LogP contribution in [0.25, 0.3) is 0 Å². The maximum atomic E-state index is 12.9. The highest BCUT2D eigenvalue weighted by molar-refractivity contribution is 5.71. The third-order valence-electron chi connectivity index (χ3n) is 13.6. The Morgan fingerprint density at radius 1 is 0.266 bits per heavy atom.